The Hall–Kier alpha value is -1.79. The van der Waals surface area contributed by atoms with Crippen LogP contribution in [0, 0.1) is 11.8 Å². The van der Waals surface area contributed by atoms with Gasteiger partial charge in [-0.15, -0.1) is 12.4 Å². The van der Waals surface area contributed by atoms with Gasteiger partial charge in [-0.25, -0.2) is 4.79 Å². The maximum atomic E-state index is 12.3. The molecule has 0 spiro atoms. The van der Waals surface area contributed by atoms with Crippen LogP contribution in [0.5, 0.6) is 0 Å². The van der Waals surface area contributed by atoms with Crippen LogP contribution in [0.4, 0.5) is 16.2 Å². The van der Waals surface area contributed by atoms with Crippen molar-refractivity contribution < 1.29 is 9.59 Å². The molecule has 1 aromatic carbocycles. The van der Waals surface area contributed by atoms with Crippen LogP contribution in [0.15, 0.2) is 24.3 Å². The monoisotopic (exact) mass is 368 g/mol. The van der Waals surface area contributed by atoms with Gasteiger partial charge in [0.25, 0.3) is 0 Å². The first kappa shape index (κ1) is 21.3. The van der Waals surface area contributed by atoms with Crippen LogP contribution in [0.25, 0.3) is 0 Å². The number of hydrogen-bond acceptors (Lipinski definition) is 3. The lowest BCUT2D eigenvalue weighted by Gasteiger charge is -2.27. The number of nitrogens with one attached hydrogen (secondary N) is 4. The van der Waals surface area contributed by atoms with Gasteiger partial charge in [0.15, 0.2) is 0 Å². The summed E-state index contributed by atoms with van der Waals surface area (Å²) >= 11 is 0. The average molecular weight is 369 g/mol. The number of carbonyl (C=O) groups excluding carboxylic acids is 2. The van der Waals surface area contributed by atoms with Gasteiger partial charge in [-0.05, 0) is 62.9 Å². The van der Waals surface area contributed by atoms with Gasteiger partial charge in [-0.1, -0.05) is 13.0 Å². The number of benzene rings is 1. The maximum Gasteiger partial charge on any atom is 0.319 e. The van der Waals surface area contributed by atoms with Crippen molar-refractivity contribution in [2.75, 3.05) is 30.3 Å². The summed E-state index contributed by atoms with van der Waals surface area (Å²) < 4.78 is 0. The largest absolute Gasteiger partial charge is 0.338 e. The van der Waals surface area contributed by atoms with Crippen LogP contribution in [-0.2, 0) is 4.79 Å². The van der Waals surface area contributed by atoms with Crippen molar-refractivity contribution >= 4 is 35.7 Å². The minimum Gasteiger partial charge on any atom is -0.338 e. The smallest absolute Gasteiger partial charge is 0.319 e. The second-order valence-corrected chi connectivity index (χ2v) is 6.38. The van der Waals surface area contributed by atoms with Gasteiger partial charge in [0, 0.05) is 24.3 Å². The van der Waals surface area contributed by atoms with Crippen molar-refractivity contribution in [2.24, 2.45) is 11.8 Å². The molecule has 1 aliphatic heterocycles. The molecular weight excluding hydrogens is 340 g/mol. The molecular formula is C18H29ClN4O2. The topological polar surface area (TPSA) is 82.3 Å². The van der Waals surface area contributed by atoms with Gasteiger partial charge in [-0.2, -0.15) is 0 Å². The van der Waals surface area contributed by atoms with E-state index in [9.17, 15) is 9.59 Å². The number of halogens is 1. The molecule has 0 aliphatic carbocycles. The molecule has 1 heterocycles. The van der Waals surface area contributed by atoms with Gasteiger partial charge in [0.2, 0.25) is 5.91 Å². The third kappa shape index (κ3) is 7.32. The summed E-state index contributed by atoms with van der Waals surface area (Å²) in [6, 6.07) is 6.95. The lowest BCUT2D eigenvalue weighted by atomic mass is 9.84. The van der Waals surface area contributed by atoms with E-state index in [4.69, 9.17) is 0 Å². The molecule has 0 aromatic heterocycles. The first-order valence-electron chi connectivity index (χ1n) is 8.74. The van der Waals surface area contributed by atoms with Crippen molar-refractivity contribution in [3.05, 3.63) is 24.3 Å². The van der Waals surface area contributed by atoms with Gasteiger partial charge in [-0.3, -0.25) is 4.79 Å². The summed E-state index contributed by atoms with van der Waals surface area (Å²) in [5.74, 6) is 1.02. The fourth-order valence-corrected chi connectivity index (χ4v) is 3.09. The molecule has 1 atom stereocenters. The number of piperidine rings is 1. The van der Waals surface area contributed by atoms with Gasteiger partial charge < -0.3 is 21.3 Å². The standard InChI is InChI=1S/C18H28N4O2.ClH/c1-3-20-18(24)22-16-6-4-5-15(12-16)21-17(23)11-13(2)14-7-9-19-10-8-14;/h4-6,12-14,19H,3,7-11H2,1-2H3,(H,21,23)(H2,20,22,24);1H. The molecule has 140 valence electrons. The Morgan fingerprint density at radius 1 is 1.20 bits per heavy atom. The minimum absolute atomic E-state index is 0. The Bertz CT molecular complexity index is 562. The quantitative estimate of drug-likeness (QED) is 0.622. The van der Waals surface area contributed by atoms with Crippen LogP contribution >= 0.6 is 12.4 Å². The SMILES string of the molecule is CCNC(=O)Nc1cccc(NC(=O)CC(C)C2CCNCC2)c1.Cl. The Morgan fingerprint density at radius 3 is 2.48 bits per heavy atom. The highest BCUT2D eigenvalue weighted by atomic mass is 35.5. The van der Waals surface area contributed by atoms with E-state index in [0.717, 1.165) is 25.9 Å². The zero-order chi connectivity index (χ0) is 17.4. The zero-order valence-corrected chi connectivity index (χ0v) is 15.7. The van der Waals surface area contributed by atoms with Crippen molar-refractivity contribution in [1.29, 1.82) is 0 Å². The Balaban J connectivity index is 0.00000312. The number of urea groups is 1. The zero-order valence-electron chi connectivity index (χ0n) is 14.9. The van der Waals surface area contributed by atoms with E-state index >= 15 is 0 Å². The molecule has 0 radical (unpaired) electrons. The molecule has 1 fully saturated rings. The number of hydrogen-bond donors (Lipinski definition) is 4. The van der Waals surface area contributed by atoms with E-state index in [2.05, 4.69) is 28.2 Å². The van der Waals surface area contributed by atoms with Crippen molar-refractivity contribution in [2.45, 2.75) is 33.1 Å². The average Bonchev–Trinajstić information content (AvgIpc) is 2.56. The predicted octanol–water partition coefficient (Wildman–Crippen LogP) is 3.21. The third-order valence-corrected chi connectivity index (χ3v) is 4.44. The molecule has 1 saturated heterocycles. The molecule has 0 saturated carbocycles. The molecule has 1 aromatic rings. The molecule has 25 heavy (non-hydrogen) atoms. The molecule has 3 amide bonds. The molecule has 1 unspecified atom stereocenters. The van der Waals surface area contributed by atoms with Gasteiger partial charge in [0.1, 0.15) is 0 Å². The van der Waals surface area contributed by atoms with Crippen LogP contribution in [0.2, 0.25) is 0 Å². The van der Waals surface area contributed by atoms with Crippen molar-refractivity contribution in [3.8, 4) is 0 Å². The Morgan fingerprint density at radius 2 is 1.84 bits per heavy atom. The first-order chi connectivity index (χ1) is 11.6. The molecule has 0 bridgehead atoms. The van der Waals surface area contributed by atoms with Crippen molar-refractivity contribution in [3.63, 3.8) is 0 Å². The lowest BCUT2D eigenvalue weighted by Crippen LogP contribution is -2.32. The molecule has 2 rings (SSSR count). The highest BCUT2D eigenvalue weighted by Crippen LogP contribution is 2.25. The summed E-state index contributed by atoms with van der Waals surface area (Å²) in [5, 5.41) is 11.7. The summed E-state index contributed by atoms with van der Waals surface area (Å²) in [7, 11) is 0. The molecule has 6 nitrogen and oxygen atoms in total. The van der Waals surface area contributed by atoms with E-state index in [1.165, 1.54) is 0 Å². The minimum atomic E-state index is -0.250. The number of carbonyl (C=O) groups is 2. The fourth-order valence-electron chi connectivity index (χ4n) is 3.09. The fraction of sp³-hybridized carbons (Fsp3) is 0.556. The molecule has 4 N–H and O–H groups in total. The predicted molar refractivity (Wildman–Crippen MR) is 104 cm³/mol. The van der Waals surface area contributed by atoms with E-state index in [1.54, 1.807) is 12.1 Å². The second-order valence-electron chi connectivity index (χ2n) is 6.38. The van der Waals surface area contributed by atoms with E-state index < -0.39 is 0 Å². The van der Waals surface area contributed by atoms with E-state index in [1.807, 2.05) is 19.1 Å². The summed E-state index contributed by atoms with van der Waals surface area (Å²) in [4.78, 5) is 23.8. The van der Waals surface area contributed by atoms with E-state index in [0.29, 0.717) is 36.2 Å². The maximum absolute atomic E-state index is 12.3. The van der Waals surface area contributed by atoms with Gasteiger partial charge in [0.05, 0.1) is 0 Å². The number of anilines is 2. The number of rotatable bonds is 6. The van der Waals surface area contributed by atoms with Gasteiger partial charge >= 0.3 is 6.03 Å². The Kier molecular flexibility index (Phi) is 9.31. The molecule has 7 heteroatoms. The summed E-state index contributed by atoms with van der Waals surface area (Å²) in [5.41, 5.74) is 1.36. The van der Waals surface area contributed by atoms with Crippen LogP contribution in [0.3, 0.4) is 0 Å². The number of amides is 3. The first-order valence-corrected chi connectivity index (χ1v) is 8.74. The Labute approximate surface area is 155 Å². The van der Waals surface area contributed by atoms with Crippen LogP contribution in [0.1, 0.15) is 33.1 Å². The van der Waals surface area contributed by atoms with Crippen LogP contribution in [-0.4, -0.2) is 31.6 Å². The highest BCUT2D eigenvalue weighted by Gasteiger charge is 2.22. The van der Waals surface area contributed by atoms with Crippen LogP contribution < -0.4 is 21.3 Å². The third-order valence-electron chi connectivity index (χ3n) is 4.44. The lowest BCUT2D eigenvalue weighted by molar-refractivity contribution is -0.117. The van der Waals surface area contributed by atoms with Crippen molar-refractivity contribution in [1.82, 2.24) is 10.6 Å². The van der Waals surface area contributed by atoms with E-state index in [-0.39, 0.29) is 24.3 Å². The normalized spacial score (nSPS) is 15.6. The summed E-state index contributed by atoms with van der Waals surface area (Å²) in [6.45, 7) is 6.67. The summed E-state index contributed by atoms with van der Waals surface area (Å²) in [6.07, 6.45) is 2.80. The second kappa shape index (κ2) is 10.9. The molecule has 1 aliphatic rings. The highest BCUT2D eigenvalue weighted by molar-refractivity contribution is 5.93.